The molecule has 0 bridgehead atoms. The summed E-state index contributed by atoms with van der Waals surface area (Å²) in [6.45, 7) is 4.64. The molecule has 2 saturated heterocycles. The third-order valence-electron chi connectivity index (χ3n) is 6.47. The van der Waals surface area contributed by atoms with Gasteiger partial charge in [0.05, 0.1) is 4.90 Å². The van der Waals surface area contributed by atoms with Crippen molar-refractivity contribution < 1.29 is 18.0 Å². The van der Waals surface area contributed by atoms with Crippen LogP contribution in [-0.4, -0.2) is 67.7 Å². The van der Waals surface area contributed by atoms with Gasteiger partial charge in [-0.1, -0.05) is 23.7 Å². The van der Waals surface area contributed by atoms with Gasteiger partial charge in [0, 0.05) is 49.4 Å². The van der Waals surface area contributed by atoms with Crippen molar-refractivity contribution in [2.45, 2.75) is 49.7 Å². The number of amides is 2. The Labute approximate surface area is 211 Å². The highest BCUT2D eigenvalue weighted by Gasteiger charge is 2.36. The van der Waals surface area contributed by atoms with E-state index in [1.54, 1.807) is 24.3 Å². The summed E-state index contributed by atoms with van der Waals surface area (Å²) in [4.78, 5) is 27.6. The van der Waals surface area contributed by atoms with E-state index >= 15 is 0 Å². The molecule has 2 amide bonds. The quantitative estimate of drug-likeness (QED) is 0.612. The van der Waals surface area contributed by atoms with Gasteiger partial charge in [-0.05, 0) is 68.1 Å². The van der Waals surface area contributed by atoms with E-state index in [9.17, 15) is 18.0 Å². The Morgan fingerprint density at radius 1 is 1.09 bits per heavy atom. The largest absolute Gasteiger partial charge is 0.355 e. The van der Waals surface area contributed by atoms with Crippen LogP contribution in [0.15, 0.2) is 53.4 Å². The predicted molar refractivity (Wildman–Crippen MR) is 135 cm³/mol. The van der Waals surface area contributed by atoms with Crippen LogP contribution >= 0.6 is 11.6 Å². The van der Waals surface area contributed by atoms with Gasteiger partial charge in [-0.25, -0.2) is 8.42 Å². The van der Waals surface area contributed by atoms with Crippen LogP contribution in [0.4, 0.5) is 0 Å². The molecule has 2 N–H and O–H groups in total. The molecule has 188 valence electrons. The van der Waals surface area contributed by atoms with Crippen LogP contribution in [0.25, 0.3) is 0 Å². The van der Waals surface area contributed by atoms with E-state index in [0.717, 1.165) is 19.4 Å². The first-order valence-electron chi connectivity index (χ1n) is 11.9. The molecule has 2 aromatic rings. The molecule has 10 heteroatoms. The SMILES string of the molecule is CC1CN(C(=O)c2ccc(CN(C3CCCCNC3=O)S(=O)(=O)c3ccc(Cl)cc3)cc2)CCN1. The molecular weight excluding hydrogens is 488 g/mol. The molecule has 0 radical (unpaired) electrons. The second-order valence-electron chi connectivity index (χ2n) is 9.11. The maximum atomic E-state index is 13.7. The van der Waals surface area contributed by atoms with Gasteiger partial charge in [-0.3, -0.25) is 9.59 Å². The summed E-state index contributed by atoms with van der Waals surface area (Å²) in [6.07, 6.45) is 1.99. The third kappa shape index (κ3) is 6.03. The van der Waals surface area contributed by atoms with Crippen LogP contribution in [0.1, 0.15) is 42.1 Å². The zero-order valence-electron chi connectivity index (χ0n) is 19.7. The summed E-state index contributed by atoms with van der Waals surface area (Å²) in [5.41, 5.74) is 1.26. The van der Waals surface area contributed by atoms with Crippen molar-refractivity contribution in [1.82, 2.24) is 19.8 Å². The fourth-order valence-electron chi connectivity index (χ4n) is 4.53. The lowest BCUT2D eigenvalue weighted by atomic mass is 10.1. The molecule has 2 heterocycles. The first-order valence-corrected chi connectivity index (χ1v) is 13.7. The molecule has 2 fully saturated rings. The summed E-state index contributed by atoms with van der Waals surface area (Å²) < 4.78 is 28.6. The Kier molecular flexibility index (Phi) is 8.11. The lowest BCUT2D eigenvalue weighted by Gasteiger charge is -2.32. The molecule has 0 spiro atoms. The van der Waals surface area contributed by atoms with Crippen molar-refractivity contribution in [3.8, 4) is 0 Å². The zero-order chi connectivity index (χ0) is 25.0. The van der Waals surface area contributed by atoms with Crippen molar-refractivity contribution in [3.63, 3.8) is 0 Å². The van der Waals surface area contributed by atoms with E-state index in [4.69, 9.17) is 11.6 Å². The Morgan fingerprint density at radius 3 is 2.49 bits per heavy atom. The van der Waals surface area contributed by atoms with Gasteiger partial charge in [0.15, 0.2) is 0 Å². The standard InChI is InChI=1S/C25H31ClN4O4S/c1-18-16-29(15-14-27-18)25(32)20-7-5-19(6-8-20)17-30(23-4-2-3-13-28-24(23)31)35(33,34)22-11-9-21(26)10-12-22/h5-12,18,23,27H,2-4,13-17H2,1H3,(H,28,31). The second kappa shape index (κ2) is 11.1. The Morgan fingerprint density at radius 2 is 1.80 bits per heavy atom. The minimum atomic E-state index is -3.98. The first-order chi connectivity index (χ1) is 16.8. The van der Waals surface area contributed by atoms with Gasteiger partial charge >= 0.3 is 0 Å². The van der Waals surface area contributed by atoms with E-state index in [1.165, 1.54) is 28.6 Å². The van der Waals surface area contributed by atoms with Crippen LogP contribution < -0.4 is 10.6 Å². The third-order valence-corrected chi connectivity index (χ3v) is 8.59. The van der Waals surface area contributed by atoms with Crippen LogP contribution in [0.3, 0.4) is 0 Å². The number of nitrogens with zero attached hydrogens (tertiary/aromatic N) is 2. The van der Waals surface area contributed by atoms with Crippen LogP contribution in [0.2, 0.25) is 5.02 Å². The minimum Gasteiger partial charge on any atom is -0.355 e. The van der Waals surface area contributed by atoms with Crippen molar-refractivity contribution >= 4 is 33.4 Å². The summed E-state index contributed by atoms with van der Waals surface area (Å²) in [5, 5.41) is 6.59. The number of piperazine rings is 1. The fourth-order valence-corrected chi connectivity index (χ4v) is 6.27. The first kappa shape index (κ1) is 25.6. The van der Waals surface area contributed by atoms with Crippen molar-refractivity contribution in [1.29, 1.82) is 0 Å². The number of benzene rings is 2. The molecule has 2 atom stereocenters. The maximum absolute atomic E-state index is 13.7. The molecule has 0 aliphatic carbocycles. The van der Waals surface area contributed by atoms with Gasteiger partial charge < -0.3 is 15.5 Å². The molecule has 0 aromatic heterocycles. The molecule has 4 rings (SSSR count). The average molecular weight is 519 g/mol. The van der Waals surface area contributed by atoms with Gasteiger partial charge in [0.25, 0.3) is 5.91 Å². The zero-order valence-corrected chi connectivity index (χ0v) is 21.3. The minimum absolute atomic E-state index is 0.0161. The number of carbonyl (C=O) groups excluding carboxylic acids is 2. The van der Waals surface area contributed by atoms with Crippen molar-refractivity contribution in [3.05, 3.63) is 64.7 Å². The number of sulfonamides is 1. The van der Waals surface area contributed by atoms with E-state index in [0.29, 0.717) is 42.2 Å². The normalized spacial score (nSPS) is 21.5. The van der Waals surface area contributed by atoms with Gasteiger partial charge in [0.1, 0.15) is 6.04 Å². The number of rotatable bonds is 6. The van der Waals surface area contributed by atoms with Gasteiger partial charge in [0.2, 0.25) is 15.9 Å². The van der Waals surface area contributed by atoms with Gasteiger partial charge in [-0.2, -0.15) is 4.31 Å². The Balaban J connectivity index is 1.60. The highest BCUT2D eigenvalue weighted by Crippen LogP contribution is 2.26. The topological polar surface area (TPSA) is 98.8 Å². The van der Waals surface area contributed by atoms with E-state index in [2.05, 4.69) is 10.6 Å². The van der Waals surface area contributed by atoms with Crippen LogP contribution in [-0.2, 0) is 21.4 Å². The highest BCUT2D eigenvalue weighted by atomic mass is 35.5. The summed E-state index contributed by atoms with van der Waals surface area (Å²) in [5.74, 6) is -0.335. The number of hydrogen-bond acceptors (Lipinski definition) is 5. The summed E-state index contributed by atoms with van der Waals surface area (Å²) >= 11 is 5.96. The second-order valence-corrected chi connectivity index (χ2v) is 11.4. The van der Waals surface area contributed by atoms with Crippen LogP contribution in [0, 0.1) is 0 Å². The van der Waals surface area contributed by atoms with E-state index < -0.39 is 16.1 Å². The fraction of sp³-hybridized carbons (Fsp3) is 0.440. The highest BCUT2D eigenvalue weighted by molar-refractivity contribution is 7.89. The molecular formula is C25H31ClN4O4S. The summed E-state index contributed by atoms with van der Waals surface area (Å²) in [6, 6.07) is 12.4. The number of halogens is 1. The smallest absolute Gasteiger partial charge is 0.253 e. The molecule has 2 aromatic carbocycles. The van der Waals surface area contributed by atoms with Crippen LogP contribution in [0.5, 0.6) is 0 Å². The molecule has 2 unspecified atom stereocenters. The maximum Gasteiger partial charge on any atom is 0.253 e. The molecule has 2 aliphatic rings. The number of nitrogens with one attached hydrogen (secondary N) is 2. The van der Waals surface area contributed by atoms with Crippen molar-refractivity contribution in [2.24, 2.45) is 0 Å². The molecule has 35 heavy (non-hydrogen) atoms. The lowest BCUT2D eigenvalue weighted by Crippen LogP contribution is -2.51. The van der Waals surface area contributed by atoms with E-state index in [-0.39, 0.29) is 29.3 Å². The van der Waals surface area contributed by atoms with E-state index in [1.807, 2.05) is 11.8 Å². The van der Waals surface area contributed by atoms with Crippen molar-refractivity contribution in [2.75, 3.05) is 26.2 Å². The molecule has 0 saturated carbocycles. The summed E-state index contributed by atoms with van der Waals surface area (Å²) in [7, 11) is -3.98. The number of hydrogen-bond donors (Lipinski definition) is 2. The predicted octanol–water partition coefficient (Wildman–Crippen LogP) is 2.63. The lowest BCUT2D eigenvalue weighted by molar-refractivity contribution is -0.124. The van der Waals surface area contributed by atoms with Gasteiger partial charge in [-0.15, -0.1) is 0 Å². The Bertz CT molecular complexity index is 1150. The monoisotopic (exact) mass is 518 g/mol. The number of carbonyl (C=O) groups is 2. The Hall–Kier alpha value is -2.46. The average Bonchev–Trinajstić information content (AvgIpc) is 3.06. The molecule has 2 aliphatic heterocycles. The molecule has 8 nitrogen and oxygen atoms in total.